The van der Waals surface area contributed by atoms with Gasteiger partial charge in [-0.25, -0.2) is 4.79 Å². The van der Waals surface area contributed by atoms with E-state index >= 15 is 0 Å². The highest BCUT2D eigenvalue weighted by molar-refractivity contribution is 6.12. The van der Waals surface area contributed by atoms with Crippen LogP contribution in [0.2, 0.25) is 0 Å². The third kappa shape index (κ3) is 8.24. The van der Waals surface area contributed by atoms with E-state index in [1.807, 2.05) is 0 Å². The number of carboxylic acids is 1. The molecule has 0 aromatic heterocycles. The molecule has 0 radical (unpaired) electrons. The summed E-state index contributed by atoms with van der Waals surface area (Å²) in [4.78, 5) is 47.1. The van der Waals surface area contributed by atoms with Crippen LogP contribution in [-0.2, 0) is 19.2 Å². The molecule has 8 nitrogen and oxygen atoms in total. The average Bonchev–Trinajstić information content (AvgIpc) is 2.94. The molecular formula is C18H29N3O5. The number of unbranched alkanes of at least 4 members (excludes halogenated alkanes) is 3. The first-order chi connectivity index (χ1) is 13.0. The number of amides is 3. The van der Waals surface area contributed by atoms with Gasteiger partial charge in [-0.15, -0.1) is 0 Å². The van der Waals surface area contributed by atoms with Gasteiger partial charge in [-0.1, -0.05) is 13.3 Å². The predicted molar refractivity (Wildman–Crippen MR) is 96.3 cm³/mol. The standard InChI is InChI=1S/C18H29N3O5/c1-2-19-12-6-5-8-14(18(25)26)20-15(22)9-4-3-7-13-21-16(23)10-11-17(21)24/h10-11,14,19H,2-9,12-13H2,1H3,(H,20,22)(H,25,26)/t14-/m0/s1/i1T. The number of nitrogens with one attached hydrogen (secondary N) is 2. The average molecular weight is 369 g/mol. The van der Waals surface area contributed by atoms with Crippen LogP contribution < -0.4 is 10.6 Å². The minimum Gasteiger partial charge on any atom is -0.480 e. The molecule has 0 unspecified atom stereocenters. The second-order valence-corrected chi connectivity index (χ2v) is 6.18. The van der Waals surface area contributed by atoms with Gasteiger partial charge in [-0.05, 0) is 45.2 Å². The summed E-state index contributed by atoms with van der Waals surface area (Å²) in [6.45, 7) is 2.00. The molecule has 1 rings (SSSR count). The molecule has 0 saturated carbocycles. The summed E-state index contributed by atoms with van der Waals surface area (Å²) in [5, 5.41) is 14.8. The lowest BCUT2D eigenvalue weighted by Crippen LogP contribution is -2.40. The molecule has 0 bridgehead atoms. The highest BCUT2D eigenvalue weighted by Gasteiger charge is 2.22. The minimum absolute atomic E-state index is 0.217. The first-order valence-electron chi connectivity index (χ1n) is 9.72. The molecule has 1 aliphatic heterocycles. The summed E-state index contributed by atoms with van der Waals surface area (Å²) in [7, 11) is 0. The van der Waals surface area contributed by atoms with Crippen molar-refractivity contribution >= 4 is 23.7 Å². The van der Waals surface area contributed by atoms with Crippen molar-refractivity contribution in [2.24, 2.45) is 0 Å². The van der Waals surface area contributed by atoms with Crippen LogP contribution in [0.15, 0.2) is 12.2 Å². The zero-order chi connectivity index (χ0) is 20.1. The SMILES string of the molecule is [3H]CCNCCCC[C@H](NC(=O)CCCCCN1C(=O)C=CC1=O)C(=O)O. The molecule has 0 spiro atoms. The van der Waals surface area contributed by atoms with E-state index in [1.54, 1.807) is 0 Å². The lowest BCUT2D eigenvalue weighted by atomic mass is 10.1. The zero-order valence-corrected chi connectivity index (χ0v) is 15.0. The van der Waals surface area contributed by atoms with E-state index in [-0.39, 0.29) is 24.1 Å². The van der Waals surface area contributed by atoms with Crippen LogP contribution in [0.3, 0.4) is 0 Å². The molecule has 3 N–H and O–H groups in total. The van der Waals surface area contributed by atoms with Gasteiger partial charge in [-0.2, -0.15) is 0 Å². The van der Waals surface area contributed by atoms with E-state index in [0.717, 1.165) is 13.0 Å². The molecule has 26 heavy (non-hydrogen) atoms. The van der Waals surface area contributed by atoms with Crippen molar-refractivity contribution in [3.8, 4) is 0 Å². The fourth-order valence-corrected chi connectivity index (χ4v) is 2.63. The molecule has 0 aliphatic carbocycles. The van der Waals surface area contributed by atoms with E-state index in [1.165, 1.54) is 17.1 Å². The topological polar surface area (TPSA) is 116 Å². The first-order valence-corrected chi connectivity index (χ1v) is 9.01. The van der Waals surface area contributed by atoms with Gasteiger partial charge in [0.15, 0.2) is 0 Å². The van der Waals surface area contributed by atoms with Gasteiger partial charge in [0, 0.05) is 26.5 Å². The Bertz CT molecular complexity index is 535. The van der Waals surface area contributed by atoms with Crippen molar-refractivity contribution in [1.82, 2.24) is 15.5 Å². The summed E-state index contributed by atoms with van der Waals surface area (Å²) in [6.07, 6.45) is 6.39. The van der Waals surface area contributed by atoms with Gasteiger partial charge in [-0.3, -0.25) is 19.3 Å². The maximum atomic E-state index is 11.9. The lowest BCUT2D eigenvalue weighted by Gasteiger charge is -2.15. The number of carboxylic acid groups (broad SMARTS) is 1. The Balaban J connectivity index is 2.14. The van der Waals surface area contributed by atoms with E-state index < -0.39 is 12.0 Å². The lowest BCUT2D eigenvalue weighted by molar-refractivity contribution is -0.142. The summed E-state index contributed by atoms with van der Waals surface area (Å²) in [6, 6.07) is -0.889. The second-order valence-electron chi connectivity index (χ2n) is 6.18. The van der Waals surface area contributed by atoms with Crippen molar-refractivity contribution in [1.29, 1.82) is 0 Å². The number of hydrogen-bond acceptors (Lipinski definition) is 5. The van der Waals surface area contributed by atoms with Crippen molar-refractivity contribution in [2.75, 3.05) is 19.6 Å². The van der Waals surface area contributed by atoms with E-state index in [9.17, 15) is 24.3 Å². The Labute approximate surface area is 155 Å². The number of hydrogen-bond donors (Lipinski definition) is 3. The summed E-state index contributed by atoms with van der Waals surface area (Å²) < 4.78 is 7.00. The van der Waals surface area contributed by atoms with Crippen LogP contribution in [0.5, 0.6) is 0 Å². The summed E-state index contributed by atoms with van der Waals surface area (Å²) in [5.41, 5.74) is 0. The molecule has 0 aromatic carbocycles. The van der Waals surface area contributed by atoms with Crippen LogP contribution in [-0.4, -0.2) is 59.4 Å². The Morgan fingerprint density at radius 1 is 1.15 bits per heavy atom. The quantitative estimate of drug-likeness (QED) is 0.308. The third-order valence-corrected chi connectivity index (χ3v) is 4.09. The van der Waals surface area contributed by atoms with Gasteiger partial charge >= 0.3 is 5.97 Å². The molecule has 1 atom stereocenters. The summed E-state index contributed by atoms with van der Waals surface area (Å²) >= 11 is 0. The fourth-order valence-electron chi connectivity index (χ4n) is 2.63. The van der Waals surface area contributed by atoms with Crippen molar-refractivity contribution in [3.05, 3.63) is 12.2 Å². The number of imide groups is 1. The number of carbonyl (C=O) groups is 4. The Kier molecular flexibility index (Phi) is 9.42. The van der Waals surface area contributed by atoms with Gasteiger partial charge in [0.05, 0.1) is 0 Å². The van der Waals surface area contributed by atoms with E-state index in [4.69, 9.17) is 1.37 Å². The van der Waals surface area contributed by atoms with Crippen LogP contribution in [0.25, 0.3) is 0 Å². The van der Waals surface area contributed by atoms with Crippen molar-refractivity contribution in [3.63, 3.8) is 0 Å². The van der Waals surface area contributed by atoms with Gasteiger partial charge in [0.1, 0.15) is 6.04 Å². The molecule has 1 aliphatic rings. The molecule has 8 heteroatoms. The molecule has 146 valence electrons. The maximum absolute atomic E-state index is 11.9. The highest BCUT2D eigenvalue weighted by Crippen LogP contribution is 2.08. The highest BCUT2D eigenvalue weighted by atomic mass is 16.4. The van der Waals surface area contributed by atoms with E-state index in [2.05, 4.69) is 10.6 Å². The van der Waals surface area contributed by atoms with E-state index in [0.29, 0.717) is 52.1 Å². The number of nitrogens with zero attached hydrogens (tertiary/aromatic N) is 1. The largest absolute Gasteiger partial charge is 0.480 e. The number of rotatable bonds is 14. The predicted octanol–water partition coefficient (Wildman–Crippen LogP) is 0.821. The summed E-state index contributed by atoms with van der Waals surface area (Å²) in [5.74, 6) is -1.96. The second kappa shape index (κ2) is 12.2. The van der Waals surface area contributed by atoms with Crippen LogP contribution in [0.1, 0.15) is 53.2 Å². The van der Waals surface area contributed by atoms with Gasteiger partial charge in [0.2, 0.25) is 5.91 Å². The third-order valence-electron chi connectivity index (χ3n) is 4.09. The van der Waals surface area contributed by atoms with Crippen LogP contribution in [0.4, 0.5) is 0 Å². The molecule has 0 saturated heterocycles. The molecule has 0 aromatic rings. The zero-order valence-electron chi connectivity index (χ0n) is 16.0. The van der Waals surface area contributed by atoms with Crippen LogP contribution in [0, 0.1) is 0 Å². The Hall–Kier alpha value is -2.22. The monoisotopic (exact) mass is 369 g/mol. The Morgan fingerprint density at radius 2 is 1.88 bits per heavy atom. The van der Waals surface area contributed by atoms with Crippen LogP contribution >= 0.6 is 0 Å². The van der Waals surface area contributed by atoms with Gasteiger partial charge < -0.3 is 15.7 Å². The fraction of sp³-hybridized carbons (Fsp3) is 0.667. The van der Waals surface area contributed by atoms with Crippen molar-refractivity contribution in [2.45, 2.75) is 57.9 Å². The normalized spacial score (nSPS) is 15.2. The molecule has 0 fully saturated rings. The molecule has 3 amide bonds. The molecule has 1 heterocycles. The number of aliphatic carboxylic acids is 1. The minimum atomic E-state index is -1.04. The van der Waals surface area contributed by atoms with Gasteiger partial charge in [0.25, 0.3) is 11.8 Å². The maximum Gasteiger partial charge on any atom is 0.326 e. The first kappa shape index (κ1) is 20.1. The smallest absolute Gasteiger partial charge is 0.326 e. The van der Waals surface area contributed by atoms with Crippen molar-refractivity contribution < 1.29 is 25.7 Å². The molecular weight excluding hydrogens is 338 g/mol. The number of carbonyl (C=O) groups excluding carboxylic acids is 3. The Morgan fingerprint density at radius 3 is 2.54 bits per heavy atom.